The van der Waals surface area contributed by atoms with E-state index in [1.807, 2.05) is 48.7 Å². The first kappa shape index (κ1) is 39.6. The second-order valence-corrected chi connectivity index (χ2v) is 14.3. The van der Waals surface area contributed by atoms with Gasteiger partial charge in [0.2, 0.25) is 17.7 Å². The van der Waals surface area contributed by atoms with Crippen LogP contribution >= 0.6 is 11.8 Å². The molecular formula is C40H55N7O3S. The summed E-state index contributed by atoms with van der Waals surface area (Å²) in [6.45, 7) is 10.1. The minimum atomic E-state index is -0.858. The smallest absolute Gasteiger partial charge is 0.245 e. The van der Waals surface area contributed by atoms with Gasteiger partial charge in [-0.05, 0) is 93.4 Å². The molecule has 3 atom stereocenters. The van der Waals surface area contributed by atoms with Crippen molar-refractivity contribution in [3.05, 3.63) is 101 Å². The van der Waals surface area contributed by atoms with Gasteiger partial charge in [-0.25, -0.2) is 0 Å². The van der Waals surface area contributed by atoms with Crippen LogP contribution in [0.3, 0.4) is 0 Å². The topological polar surface area (TPSA) is 158 Å². The number of hydrogen-bond donors (Lipinski definition) is 6. The number of carbonyl (C=O) groups excluding carboxylic acids is 3. The van der Waals surface area contributed by atoms with E-state index in [-0.39, 0.29) is 30.7 Å². The molecule has 8 N–H and O–H groups in total. The third kappa shape index (κ3) is 11.2. The molecule has 0 saturated carbocycles. The summed E-state index contributed by atoms with van der Waals surface area (Å²) in [4.78, 5) is 49.3. The summed E-state index contributed by atoms with van der Waals surface area (Å²) in [5.41, 5.74) is 16.5. The zero-order valence-electron chi connectivity index (χ0n) is 30.3. The molecule has 0 bridgehead atoms. The van der Waals surface area contributed by atoms with Gasteiger partial charge in [0, 0.05) is 53.5 Å². The number of H-pyrrole nitrogens is 1. The number of nitrogens with one attached hydrogen (secondary N) is 4. The van der Waals surface area contributed by atoms with Gasteiger partial charge in [0.05, 0.1) is 6.04 Å². The summed E-state index contributed by atoms with van der Waals surface area (Å²) in [6.07, 6.45) is 10.1. The number of hydrogen-bond acceptors (Lipinski definition) is 7. The maximum atomic E-state index is 14.4. The van der Waals surface area contributed by atoms with Crippen molar-refractivity contribution in [2.75, 3.05) is 26.7 Å². The predicted molar refractivity (Wildman–Crippen MR) is 209 cm³/mol. The van der Waals surface area contributed by atoms with Gasteiger partial charge in [0.1, 0.15) is 12.1 Å². The van der Waals surface area contributed by atoms with E-state index in [1.165, 1.54) is 10.5 Å². The van der Waals surface area contributed by atoms with Crippen molar-refractivity contribution < 1.29 is 14.4 Å². The van der Waals surface area contributed by atoms with Crippen LogP contribution in [0.1, 0.15) is 63.5 Å². The Morgan fingerprint density at radius 3 is 2.45 bits per heavy atom. The number of benzene rings is 2. The molecule has 0 radical (unpaired) electrons. The number of para-hydroxylation sites is 1. The first-order valence-electron chi connectivity index (χ1n) is 18.0. The molecule has 2 heterocycles. The second-order valence-electron chi connectivity index (χ2n) is 13.2. The van der Waals surface area contributed by atoms with E-state index in [1.54, 1.807) is 18.8 Å². The number of amides is 3. The molecule has 3 amide bonds. The standard InChI is InChI=1S/C40H55N7O3S/c1-5-27(2)19-20-36-28(3)24-45-39(49)35(23-30-26-43-32-15-8-7-14-31(30)32)47(4)40(50)34(16-10-11-21-41)46-38(48)33(17-12-22-42)44-25-29-13-6-9-18-37(29)51-36/h6-9,13-15,18-20,26,33-35,43-44H,3,5,10-12,16-17,21-25,41-42H2,1-2,4H3,(H,45,49)(H,46,48)/b27-19+,36-20+/t33-,34-,35-/m0/s1. The molecule has 10 nitrogen and oxygen atoms in total. The Labute approximate surface area is 306 Å². The van der Waals surface area contributed by atoms with E-state index in [4.69, 9.17) is 11.5 Å². The summed E-state index contributed by atoms with van der Waals surface area (Å²) >= 11 is 1.58. The number of fused-ring (bicyclic) bond motifs is 2. The van der Waals surface area contributed by atoms with Crippen LogP contribution in [0.25, 0.3) is 10.9 Å². The van der Waals surface area contributed by atoms with Gasteiger partial charge >= 0.3 is 0 Å². The lowest BCUT2D eigenvalue weighted by Crippen LogP contribution is -2.57. The van der Waals surface area contributed by atoms with E-state index in [0.717, 1.165) is 43.8 Å². The molecule has 11 heteroatoms. The second kappa shape index (κ2) is 20.0. The van der Waals surface area contributed by atoms with Crippen LogP contribution in [0.4, 0.5) is 0 Å². The Kier molecular flexibility index (Phi) is 15.6. The highest BCUT2D eigenvalue weighted by molar-refractivity contribution is 8.03. The zero-order valence-corrected chi connectivity index (χ0v) is 31.1. The monoisotopic (exact) mass is 713 g/mol. The van der Waals surface area contributed by atoms with E-state index in [0.29, 0.717) is 51.7 Å². The molecule has 2 aromatic carbocycles. The Bertz CT molecular complexity index is 1710. The molecule has 4 rings (SSSR count). The van der Waals surface area contributed by atoms with Crippen LogP contribution < -0.4 is 27.4 Å². The fourth-order valence-corrected chi connectivity index (χ4v) is 7.05. The van der Waals surface area contributed by atoms with Gasteiger partial charge in [0.15, 0.2) is 0 Å². The number of aromatic nitrogens is 1. The average molecular weight is 714 g/mol. The molecule has 0 saturated heterocycles. The van der Waals surface area contributed by atoms with Crippen molar-refractivity contribution in [1.29, 1.82) is 0 Å². The lowest BCUT2D eigenvalue weighted by atomic mass is 10.0. The number of unbranched alkanes of at least 4 members (excludes halogenated alkanes) is 1. The first-order chi connectivity index (χ1) is 24.7. The molecular weight excluding hydrogens is 659 g/mol. The number of carbonyl (C=O) groups is 3. The SMILES string of the molecule is C=C1CNC(=O)[C@H](Cc2c[nH]c3ccccc23)N(C)C(=O)[C@H](CCCCN)NC(=O)[C@H](CCCN)NCc2ccccc2S/C1=C/C=C(\C)CC. The van der Waals surface area contributed by atoms with Crippen molar-refractivity contribution >= 4 is 40.4 Å². The summed E-state index contributed by atoms with van der Waals surface area (Å²) in [6, 6.07) is 13.7. The minimum absolute atomic E-state index is 0.196. The van der Waals surface area contributed by atoms with E-state index in [9.17, 15) is 14.4 Å². The minimum Gasteiger partial charge on any atom is -0.361 e. The Balaban J connectivity index is 1.77. The Hall–Kier alpha value is -4.16. The summed E-state index contributed by atoms with van der Waals surface area (Å²) in [5.74, 6) is -0.909. The van der Waals surface area contributed by atoms with Crippen LogP contribution in [0.2, 0.25) is 0 Å². The lowest BCUT2D eigenvalue weighted by molar-refractivity contribution is -0.142. The van der Waals surface area contributed by atoms with Crippen LogP contribution in [-0.4, -0.2) is 72.4 Å². The van der Waals surface area contributed by atoms with Crippen molar-refractivity contribution in [2.24, 2.45) is 11.5 Å². The first-order valence-corrected chi connectivity index (χ1v) is 18.8. The van der Waals surface area contributed by atoms with E-state index >= 15 is 0 Å². The normalized spacial score (nSPS) is 21.0. The average Bonchev–Trinajstić information content (AvgIpc) is 3.56. The van der Waals surface area contributed by atoms with Gasteiger partial charge in [-0.2, -0.15) is 0 Å². The number of nitrogens with two attached hydrogens (primary N) is 2. The molecule has 1 aliphatic rings. The number of aromatic amines is 1. The van der Waals surface area contributed by atoms with E-state index < -0.39 is 18.1 Å². The van der Waals surface area contributed by atoms with Gasteiger partial charge in [-0.1, -0.05) is 73.3 Å². The van der Waals surface area contributed by atoms with Gasteiger partial charge in [-0.3, -0.25) is 14.4 Å². The number of likely N-dealkylation sites (N-methyl/N-ethyl adjacent to an activating group) is 1. The van der Waals surface area contributed by atoms with Gasteiger partial charge in [-0.15, -0.1) is 0 Å². The number of rotatable bonds is 11. The van der Waals surface area contributed by atoms with Crippen molar-refractivity contribution in [1.82, 2.24) is 25.8 Å². The fraction of sp³-hybridized carbons (Fsp3) is 0.425. The third-order valence-electron chi connectivity index (χ3n) is 9.41. The van der Waals surface area contributed by atoms with Crippen LogP contribution in [-0.2, 0) is 27.3 Å². The van der Waals surface area contributed by atoms with Crippen molar-refractivity contribution in [3.63, 3.8) is 0 Å². The van der Waals surface area contributed by atoms with Gasteiger partial charge < -0.3 is 37.3 Å². The highest BCUT2D eigenvalue weighted by atomic mass is 32.2. The van der Waals surface area contributed by atoms with E-state index in [2.05, 4.69) is 59.6 Å². The Morgan fingerprint density at radius 2 is 1.69 bits per heavy atom. The van der Waals surface area contributed by atoms with Crippen molar-refractivity contribution in [2.45, 2.75) is 88.4 Å². The molecule has 3 aromatic rings. The maximum Gasteiger partial charge on any atom is 0.245 e. The molecule has 0 fully saturated rings. The number of thioether (sulfide) groups is 1. The zero-order chi connectivity index (χ0) is 36.8. The molecule has 0 spiro atoms. The highest BCUT2D eigenvalue weighted by Crippen LogP contribution is 2.34. The molecule has 274 valence electrons. The fourth-order valence-electron chi connectivity index (χ4n) is 6.04. The Morgan fingerprint density at radius 1 is 0.961 bits per heavy atom. The summed E-state index contributed by atoms with van der Waals surface area (Å²) < 4.78 is 0. The summed E-state index contributed by atoms with van der Waals surface area (Å²) in [5, 5.41) is 10.6. The predicted octanol–water partition coefficient (Wildman–Crippen LogP) is 5.07. The molecule has 51 heavy (non-hydrogen) atoms. The lowest BCUT2D eigenvalue weighted by Gasteiger charge is -2.32. The molecule has 0 unspecified atom stereocenters. The third-order valence-corrected chi connectivity index (χ3v) is 10.7. The highest BCUT2D eigenvalue weighted by Gasteiger charge is 2.34. The van der Waals surface area contributed by atoms with Crippen molar-refractivity contribution in [3.8, 4) is 0 Å². The van der Waals surface area contributed by atoms with Crippen LogP contribution in [0.5, 0.6) is 0 Å². The van der Waals surface area contributed by atoms with Crippen LogP contribution in [0.15, 0.2) is 94.4 Å². The maximum absolute atomic E-state index is 14.4. The number of allylic oxidation sites excluding steroid dienone is 3. The molecule has 1 aliphatic heterocycles. The summed E-state index contributed by atoms with van der Waals surface area (Å²) in [7, 11) is 1.65. The largest absolute Gasteiger partial charge is 0.361 e. The molecule has 1 aromatic heterocycles. The molecule has 0 aliphatic carbocycles. The van der Waals surface area contributed by atoms with Crippen LogP contribution in [0, 0.1) is 0 Å². The van der Waals surface area contributed by atoms with Gasteiger partial charge in [0.25, 0.3) is 0 Å². The number of nitrogens with zero attached hydrogens (tertiary/aromatic N) is 1. The quantitative estimate of drug-likeness (QED) is 0.152.